The van der Waals surface area contributed by atoms with Gasteiger partial charge in [-0.15, -0.1) is 0 Å². The summed E-state index contributed by atoms with van der Waals surface area (Å²) >= 11 is 0. The van der Waals surface area contributed by atoms with Gasteiger partial charge in [0.05, 0.1) is 5.52 Å². The number of benzene rings is 1. The van der Waals surface area contributed by atoms with Gasteiger partial charge in [-0.2, -0.15) is 5.10 Å². The fourth-order valence-electron chi connectivity index (χ4n) is 3.11. The maximum Gasteiger partial charge on any atom is 0.133 e. The number of nitrogens with two attached hydrogens (primary N) is 1. The van der Waals surface area contributed by atoms with E-state index in [0.717, 1.165) is 41.5 Å². The molecule has 0 atom stereocenters. The van der Waals surface area contributed by atoms with Crippen molar-refractivity contribution in [2.75, 3.05) is 5.73 Å². The summed E-state index contributed by atoms with van der Waals surface area (Å²) in [5.41, 5.74) is 11.3. The first kappa shape index (κ1) is 11.5. The molecule has 4 heteroatoms. The van der Waals surface area contributed by atoms with E-state index in [1.165, 1.54) is 0 Å². The minimum Gasteiger partial charge on any atom is -0.398 e. The Hall–Kier alpha value is -2.36. The molecular formula is C16H14FN3. The number of halogens is 1. The highest BCUT2D eigenvalue weighted by molar-refractivity contribution is 5.82. The van der Waals surface area contributed by atoms with Crippen molar-refractivity contribution >= 4 is 11.2 Å². The van der Waals surface area contributed by atoms with Crippen LogP contribution in [0.4, 0.5) is 10.1 Å². The number of nitrogen functional groups attached to an aromatic ring is 1. The third-order valence-corrected chi connectivity index (χ3v) is 4.08. The molecule has 2 heterocycles. The van der Waals surface area contributed by atoms with E-state index in [0.29, 0.717) is 11.3 Å². The highest BCUT2D eigenvalue weighted by Gasteiger charge is 2.21. The lowest BCUT2D eigenvalue weighted by molar-refractivity contribution is 0.630. The van der Waals surface area contributed by atoms with Crippen LogP contribution in [-0.4, -0.2) is 9.61 Å². The third kappa shape index (κ3) is 1.54. The molecule has 1 aliphatic carbocycles. The van der Waals surface area contributed by atoms with Crippen LogP contribution in [0.1, 0.15) is 17.5 Å². The number of pyridine rings is 1. The Morgan fingerprint density at radius 2 is 2.10 bits per heavy atom. The molecule has 0 unspecified atom stereocenters. The van der Waals surface area contributed by atoms with Crippen LogP contribution in [0.2, 0.25) is 0 Å². The summed E-state index contributed by atoms with van der Waals surface area (Å²) in [6.45, 7) is 0. The Kier molecular flexibility index (Phi) is 2.33. The van der Waals surface area contributed by atoms with E-state index in [1.807, 2.05) is 24.4 Å². The molecule has 0 bridgehead atoms. The predicted octanol–water partition coefficient (Wildman–Crippen LogP) is 3.21. The van der Waals surface area contributed by atoms with Gasteiger partial charge in [0.2, 0.25) is 0 Å². The fraction of sp³-hybridized carbons (Fsp3) is 0.188. The maximum absolute atomic E-state index is 14.4. The van der Waals surface area contributed by atoms with Crippen molar-refractivity contribution in [2.45, 2.75) is 19.3 Å². The average Bonchev–Trinajstić information content (AvgIpc) is 3.06. The molecule has 0 saturated carbocycles. The summed E-state index contributed by atoms with van der Waals surface area (Å²) < 4.78 is 16.2. The van der Waals surface area contributed by atoms with Crippen molar-refractivity contribution in [2.24, 2.45) is 0 Å². The van der Waals surface area contributed by atoms with Crippen LogP contribution in [0.15, 0.2) is 36.7 Å². The lowest BCUT2D eigenvalue weighted by Gasteiger charge is -2.12. The number of hydrogen-bond acceptors (Lipinski definition) is 2. The molecule has 3 nitrogen and oxygen atoms in total. The van der Waals surface area contributed by atoms with E-state index in [9.17, 15) is 4.39 Å². The number of aromatic nitrogens is 2. The number of aryl methyl sites for hydroxylation is 1. The van der Waals surface area contributed by atoms with Crippen LogP contribution in [0.3, 0.4) is 0 Å². The van der Waals surface area contributed by atoms with Crippen LogP contribution in [0, 0.1) is 5.82 Å². The molecule has 2 aromatic heterocycles. The topological polar surface area (TPSA) is 43.3 Å². The standard InChI is InChI=1S/C16H14FN3/c17-14-9-10-2-1-3-13(10)16(18)15(14)11-5-7-20-12(8-11)4-6-19-20/h4-9H,1-3,18H2. The first-order valence-corrected chi connectivity index (χ1v) is 6.77. The Morgan fingerprint density at radius 3 is 3.00 bits per heavy atom. The molecule has 0 saturated heterocycles. The highest BCUT2D eigenvalue weighted by Crippen LogP contribution is 2.37. The Morgan fingerprint density at radius 1 is 1.20 bits per heavy atom. The Balaban J connectivity index is 1.97. The summed E-state index contributed by atoms with van der Waals surface area (Å²) in [5.74, 6) is -0.230. The van der Waals surface area contributed by atoms with Crippen molar-refractivity contribution in [3.8, 4) is 11.1 Å². The molecule has 2 N–H and O–H groups in total. The molecule has 0 fully saturated rings. The first-order chi connectivity index (χ1) is 9.74. The highest BCUT2D eigenvalue weighted by atomic mass is 19.1. The summed E-state index contributed by atoms with van der Waals surface area (Å²) in [6, 6.07) is 7.32. The van der Waals surface area contributed by atoms with Crippen LogP contribution >= 0.6 is 0 Å². The van der Waals surface area contributed by atoms with Crippen LogP contribution in [0.5, 0.6) is 0 Å². The molecular weight excluding hydrogens is 253 g/mol. The number of anilines is 1. The van der Waals surface area contributed by atoms with E-state index in [1.54, 1.807) is 16.8 Å². The fourth-order valence-corrected chi connectivity index (χ4v) is 3.11. The van der Waals surface area contributed by atoms with Gasteiger partial charge in [-0.3, -0.25) is 0 Å². The van der Waals surface area contributed by atoms with Crippen molar-refractivity contribution < 1.29 is 4.39 Å². The van der Waals surface area contributed by atoms with Gasteiger partial charge in [-0.05, 0) is 60.2 Å². The SMILES string of the molecule is Nc1c2c(cc(F)c1-c1ccn3nccc3c1)CCC2. The molecule has 0 spiro atoms. The van der Waals surface area contributed by atoms with Gasteiger partial charge < -0.3 is 5.73 Å². The summed E-state index contributed by atoms with van der Waals surface area (Å²) in [7, 11) is 0. The smallest absolute Gasteiger partial charge is 0.133 e. The summed E-state index contributed by atoms with van der Waals surface area (Å²) in [5, 5.41) is 4.15. The van der Waals surface area contributed by atoms with E-state index < -0.39 is 0 Å². The van der Waals surface area contributed by atoms with Crippen molar-refractivity contribution in [1.82, 2.24) is 9.61 Å². The van der Waals surface area contributed by atoms with Crippen molar-refractivity contribution in [1.29, 1.82) is 0 Å². The minimum atomic E-state index is -0.230. The van der Waals surface area contributed by atoms with Crippen LogP contribution < -0.4 is 5.73 Å². The lowest BCUT2D eigenvalue weighted by Crippen LogP contribution is -2.00. The van der Waals surface area contributed by atoms with E-state index in [2.05, 4.69) is 5.10 Å². The number of rotatable bonds is 1. The predicted molar refractivity (Wildman–Crippen MR) is 77.0 cm³/mol. The first-order valence-electron chi connectivity index (χ1n) is 6.77. The van der Waals surface area contributed by atoms with Crippen molar-refractivity contribution in [3.63, 3.8) is 0 Å². The second-order valence-electron chi connectivity index (χ2n) is 5.25. The molecule has 1 aliphatic rings. The Labute approximate surface area is 115 Å². The second-order valence-corrected chi connectivity index (χ2v) is 5.25. The van der Waals surface area contributed by atoms with Gasteiger partial charge in [0.15, 0.2) is 0 Å². The molecule has 4 rings (SSSR count). The molecule has 20 heavy (non-hydrogen) atoms. The monoisotopic (exact) mass is 267 g/mol. The zero-order valence-electron chi connectivity index (χ0n) is 10.9. The molecule has 0 radical (unpaired) electrons. The van der Waals surface area contributed by atoms with Crippen LogP contribution in [-0.2, 0) is 12.8 Å². The third-order valence-electron chi connectivity index (χ3n) is 4.08. The van der Waals surface area contributed by atoms with Gasteiger partial charge >= 0.3 is 0 Å². The van der Waals surface area contributed by atoms with E-state index in [4.69, 9.17) is 5.73 Å². The molecule has 0 aliphatic heterocycles. The average molecular weight is 267 g/mol. The van der Waals surface area contributed by atoms with Gasteiger partial charge in [0.25, 0.3) is 0 Å². The van der Waals surface area contributed by atoms with Gasteiger partial charge in [-0.25, -0.2) is 8.91 Å². The number of nitrogens with zero attached hydrogens (tertiary/aromatic N) is 2. The maximum atomic E-state index is 14.4. The van der Waals surface area contributed by atoms with Crippen molar-refractivity contribution in [3.05, 3.63) is 53.6 Å². The molecule has 100 valence electrons. The van der Waals surface area contributed by atoms with E-state index >= 15 is 0 Å². The van der Waals surface area contributed by atoms with E-state index in [-0.39, 0.29) is 5.82 Å². The minimum absolute atomic E-state index is 0.230. The van der Waals surface area contributed by atoms with Gasteiger partial charge in [0, 0.05) is 23.6 Å². The summed E-state index contributed by atoms with van der Waals surface area (Å²) in [4.78, 5) is 0. The molecule has 3 aromatic rings. The number of hydrogen-bond donors (Lipinski definition) is 1. The van der Waals surface area contributed by atoms with Crippen LogP contribution in [0.25, 0.3) is 16.6 Å². The van der Waals surface area contributed by atoms with Gasteiger partial charge in [0.1, 0.15) is 5.82 Å². The quantitative estimate of drug-likeness (QED) is 0.688. The zero-order valence-corrected chi connectivity index (χ0v) is 10.9. The largest absolute Gasteiger partial charge is 0.398 e. The summed E-state index contributed by atoms with van der Waals surface area (Å²) in [6.07, 6.45) is 6.49. The van der Waals surface area contributed by atoms with Gasteiger partial charge in [-0.1, -0.05) is 0 Å². The number of fused-ring (bicyclic) bond motifs is 2. The lowest BCUT2D eigenvalue weighted by atomic mass is 9.97. The zero-order chi connectivity index (χ0) is 13.7. The Bertz CT molecular complexity index is 820. The molecule has 1 aromatic carbocycles. The normalized spacial score (nSPS) is 13.8. The molecule has 0 amide bonds. The second kappa shape index (κ2) is 4.07.